The Bertz CT molecular complexity index is 397. The van der Waals surface area contributed by atoms with E-state index in [9.17, 15) is 14.4 Å². The number of hydrogen-bond donors (Lipinski definition) is 5. The molecule has 5 N–H and O–H groups in total. The molecule has 0 atom stereocenters. The molecule has 0 aliphatic carbocycles. The average Bonchev–Trinajstić information content (AvgIpc) is 2.66. The SMILES string of the molecule is C=C(C)C(=O)O.C=C(C)C(=O)O.C=C(C)C(=O)O.CCC.OCCOCCOCCO. The number of rotatable bonds is 10. The quantitative estimate of drug-likeness (QED) is 0.245. The zero-order chi connectivity index (χ0) is 25.8. The Balaban J connectivity index is -0.0000000953. The fraction of sp³-hybridized carbons (Fsp3) is 0.571. The van der Waals surface area contributed by atoms with Gasteiger partial charge in [0, 0.05) is 16.7 Å². The summed E-state index contributed by atoms with van der Waals surface area (Å²) in [6, 6.07) is 0. The number of hydrogen-bond acceptors (Lipinski definition) is 7. The van der Waals surface area contributed by atoms with Crippen molar-refractivity contribution in [1.82, 2.24) is 0 Å². The molecule has 0 heterocycles. The first-order valence-corrected chi connectivity index (χ1v) is 9.30. The van der Waals surface area contributed by atoms with E-state index in [-0.39, 0.29) is 29.9 Å². The molecule has 0 aromatic rings. The molecule has 0 rings (SSSR count). The van der Waals surface area contributed by atoms with Crippen molar-refractivity contribution in [2.45, 2.75) is 41.0 Å². The highest BCUT2D eigenvalue weighted by atomic mass is 16.5. The van der Waals surface area contributed by atoms with Crippen LogP contribution in [0.5, 0.6) is 0 Å². The molecule has 0 radical (unpaired) electrons. The van der Waals surface area contributed by atoms with Gasteiger partial charge in [-0.15, -0.1) is 0 Å². The van der Waals surface area contributed by atoms with Gasteiger partial charge >= 0.3 is 17.9 Å². The summed E-state index contributed by atoms with van der Waals surface area (Å²) in [6.45, 7) is 19.8. The first-order chi connectivity index (χ1) is 14.3. The minimum Gasteiger partial charge on any atom is -0.478 e. The van der Waals surface area contributed by atoms with Gasteiger partial charge in [0.15, 0.2) is 0 Å². The van der Waals surface area contributed by atoms with E-state index in [0.717, 1.165) is 0 Å². The van der Waals surface area contributed by atoms with Crippen LogP contribution < -0.4 is 0 Å². The minimum atomic E-state index is -0.935. The highest BCUT2D eigenvalue weighted by Crippen LogP contribution is 1.82. The highest BCUT2D eigenvalue weighted by molar-refractivity contribution is 5.85. The molecule has 0 amide bonds. The van der Waals surface area contributed by atoms with E-state index < -0.39 is 17.9 Å². The number of aliphatic carboxylic acids is 3. The number of carboxylic acid groups (broad SMARTS) is 3. The molecule has 0 bridgehead atoms. The maximum atomic E-state index is 9.60. The van der Waals surface area contributed by atoms with Gasteiger partial charge in [-0.25, -0.2) is 14.4 Å². The van der Waals surface area contributed by atoms with Crippen molar-refractivity contribution in [2.75, 3.05) is 39.6 Å². The fourth-order valence-corrected chi connectivity index (χ4v) is 0.451. The van der Waals surface area contributed by atoms with Crippen LogP contribution in [0.1, 0.15) is 41.0 Å². The molecule has 31 heavy (non-hydrogen) atoms. The zero-order valence-corrected chi connectivity index (χ0v) is 19.3. The van der Waals surface area contributed by atoms with Gasteiger partial charge in [0.25, 0.3) is 0 Å². The molecule has 0 saturated carbocycles. The van der Waals surface area contributed by atoms with Crippen LogP contribution in [0.2, 0.25) is 0 Å². The molecule has 10 heteroatoms. The number of ether oxygens (including phenoxy) is 2. The van der Waals surface area contributed by atoms with E-state index in [1.807, 2.05) is 0 Å². The molecule has 184 valence electrons. The van der Waals surface area contributed by atoms with Crippen molar-refractivity contribution in [3.63, 3.8) is 0 Å². The van der Waals surface area contributed by atoms with Crippen LogP contribution >= 0.6 is 0 Å². The maximum Gasteiger partial charge on any atom is 0.330 e. The molecule has 0 fully saturated rings. The summed E-state index contributed by atoms with van der Waals surface area (Å²) in [5.41, 5.74) is 0.528. The van der Waals surface area contributed by atoms with Crippen LogP contribution in [0.3, 0.4) is 0 Å². The van der Waals surface area contributed by atoms with Crippen LogP contribution in [0.15, 0.2) is 36.5 Å². The molecule has 0 aliphatic rings. The monoisotopic (exact) mass is 452 g/mol. The molecule has 0 spiro atoms. The van der Waals surface area contributed by atoms with E-state index in [1.165, 1.54) is 27.2 Å². The summed E-state index contributed by atoms with van der Waals surface area (Å²) < 4.78 is 9.75. The molecule has 0 aromatic carbocycles. The Hall–Kier alpha value is -2.53. The lowest BCUT2D eigenvalue weighted by Gasteiger charge is -2.01. The lowest BCUT2D eigenvalue weighted by atomic mass is 10.4. The zero-order valence-electron chi connectivity index (χ0n) is 19.3. The Morgan fingerprint density at radius 2 is 0.774 bits per heavy atom. The summed E-state index contributed by atoms with van der Waals surface area (Å²) in [5, 5.41) is 40.2. The smallest absolute Gasteiger partial charge is 0.330 e. The number of carbonyl (C=O) groups is 3. The molecular weight excluding hydrogens is 412 g/mol. The van der Waals surface area contributed by atoms with E-state index >= 15 is 0 Å². The van der Waals surface area contributed by atoms with E-state index in [1.54, 1.807) is 0 Å². The fourth-order valence-electron chi connectivity index (χ4n) is 0.451. The average molecular weight is 453 g/mol. The van der Waals surface area contributed by atoms with E-state index in [2.05, 4.69) is 33.6 Å². The molecule has 10 nitrogen and oxygen atoms in total. The predicted molar refractivity (Wildman–Crippen MR) is 119 cm³/mol. The Morgan fingerprint density at radius 1 is 0.613 bits per heavy atom. The minimum absolute atomic E-state index is 0.0417. The van der Waals surface area contributed by atoms with Crippen molar-refractivity contribution >= 4 is 17.9 Å². The summed E-state index contributed by atoms with van der Waals surface area (Å²) in [7, 11) is 0. The second-order valence-corrected chi connectivity index (χ2v) is 5.64. The van der Waals surface area contributed by atoms with Gasteiger partial charge in [0.05, 0.1) is 39.6 Å². The molecule has 0 unspecified atom stereocenters. The number of aliphatic hydroxyl groups excluding tert-OH is 2. The largest absolute Gasteiger partial charge is 0.478 e. The second-order valence-electron chi connectivity index (χ2n) is 5.64. The topological polar surface area (TPSA) is 171 Å². The third-order valence-electron chi connectivity index (χ3n) is 1.94. The Morgan fingerprint density at radius 3 is 0.871 bits per heavy atom. The number of carboxylic acids is 3. The summed E-state index contributed by atoms with van der Waals surface area (Å²) in [5.74, 6) is -2.81. The first kappa shape index (κ1) is 39.0. The van der Waals surface area contributed by atoms with Crippen LogP contribution in [0.4, 0.5) is 0 Å². The summed E-state index contributed by atoms with van der Waals surface area (Å²) in [4.78, 5) is 28.8. The van der Waals surface area contributed by atoms with Gasteiger partial charge in [-0.2, -0.15) is 0 Å². The third kappa shape index (κ3) is 65.7. The van der Waals surface area contributed by atoms with Gasteiger partial charge in [-0.05, 0) is 20.8 Å². The van der Waals surface area contributed by atoms with Gasteiger partial charge in [0.1, 0.15) is 0 Å². The lowest BCUT2D eigenvalue weighted by molar-refractivity contribution is -0.133. The third-order valence-corrected chi connectivity index (χ3v) is 1.94. The second kappa shape index (κ2) is 32.1. The Labute approximate surface area is 185 Å². The van der Waals surface area contributed by atoms with Crippen molar-refractivity contribution in [2.24, 2.45) is 0 Å². The summed E-state index contributed by atoms with van der Waals surface area (Å²) >= 11 is 0. The highest BCUT2D eigenvalue weighted by Gasteiger charge is 1.91. The van der Waals surface area contributed by atoms with Crippen LogP contribution in [0.25, 0.3) is 0 Å². The standard InChI is InChI=1S/C6H14O4.3C4H6O2.C3H8/c7-1-3-9-5-6-10-4-2-8;3*1-3(2)4(5)6;1-3-2/h7-8H,1-6H2;3*1H2,2H3,(H,5,6);3H2,1-2H3. The molecule has 0 aromatic heterocycles. The van der Waals surface area contributed by atoms with Crippen molar-refractivity contribution in [1.29, 1.82) is 0 Å². The molecule has 0 saturated heterocycles. The number of aliphatic hydroxyl groups is 2. The van der Waals surface area contributed by atoms with Crippen molar-refractivity contribution in [3.05, 3.63) is 36.5 Å². The molecular formula is C21H40O10. The maximum absolute atomic E-state index is 9.60. The van der Waals surface area contributed by atoms with Gasteiger partial charge < -0.3 is 35.0 Å². The summed E-state index contributed by atoms with van der Waals surface area (Å²) in [6.07, 6.45) is 1.25. The van der Waals surface area contributed by atoms with Crippen LogP contribution in [-0.2, 0) is 23.9 Å². The normalized spacial score (nSPS) is 8.23. The van der Waals surface area contributed by atoms with Crippen LogP contribution in [-0.4, -0.2) is 83.1 Å². The van der Waals surface area contributed by atoms with Gasteiger partial charge in [-0.3, -0.25) is 0 Å². The molecule has 0 aliphatic heterocycles. The van der Waals surface area contributed by atoms with Gasteiger partial charge in [0.2, 0.25) is 0 Å². The first-order valence-electron chi connectivity index (χ1n) is 9.30. The van der Waals surface area contributed by atoms with Crippen LogP contribution in [0, 0.1) is 0 Å². The van der Waals surface area contributed by atoms with Gasteiger partial charge in [-0.1, -0.05) is 40.0 Å². The Kier molecular flexibility index (Phi) is 40.4. The lowest BCUT2D eigenvalue weighted by Crippen LogP contribution is -2.09. The van der Waals surface area contributed by atoms with Crippen molar-refractivity contribution < 1.29 is 49.4 Å². The predicted octanol–water partition coefficient (Wildman–Crippen LogP) is 2.36. The van der Waals surface area contributed by atoms with E-state index in [0.29, 0.717) is 26.4 Å². The van der Waals surface area contributed by atoms with Crippen molar-refractivity contribution in [3.8, 4) is 0 Å². The van der Waals surface area contributed by atoms with E-state index in [4.69, 9.17) is 35.0 Å².